The van der Waals surface area contributed by atoms with Crippen molar-refractivity contribution < 1.29 is 4.79 Å². The van der Waals surface area contributed by atoms with Crippen LogP contribution in [0.5, 0.6) is 0 Å². The standard InChI is InChI=1S/C21H26N2OS.ClH/c1-15(17-7-6-16-4-2-3-5-18(16)12-17)23(20-8-9-20)21(24)13-19-14-25-11-10-22-19;/h2-7,12,15,19-20,22H,8-11,13-14H2,1H3;1H. The van der Waals surface area contributed by atoms with Gasteiger partial charge in [0.15, 0.2) is 0 Å². The van der Waals surface area contributed by atoms with E-state index in [1.807, 2.05) is 11.8 Å². The number of halogens is 1. The van der Waals surface area contributed by atoms with E-state index >= 15 is 0 Å². The summed E-state index contributed by atoms with van der Waals surface area (Å²) in [6.45, 7) is 3.20. The van der Waals surface area contributed by atoms with Gasteiger partial charge in [0.1, 0.15) is 0 Å². The first-order chi connectivity index (χ1) is 12.2. The van der Waals surface area contributed by atoms with Gasteiger partial charge >= 0.3 is 0 Å². The van der Waals surface area contributed by atoms with E-state index in [1.54, 1.807) is 0 Å². The number of nitrogens with one attached hydrogen (secondary N) is 1. The van der Waals surface area contributed by atoms with Gasteiger partial charge in [0.25, 0.3) is 0 Å². The highest BCUT2D eigenvalue weighted by atomic mass is 35.5. The number of benzene rings is 2. The molecule has 2 aliphatic rings. The third-order valence-electron chi connectivity index (χ3n) is 5.32. The topological polar surface area (TPSA) is 32.3 Å². The van der Waals surface area contributed by atoms with Crippen molar-refractivity contribution in [3.63, 3.8) is 0 Å². The van der Waals surface area contributed by atoms with Crippen LogP contribution in [-0.4, -0.2) is 40.9 Å². The summed E-state index contributed by atoms with van der Waals surface area (Å²) in [6.07, 6.45) is 2.93. The molecule has 2 fully saturated rings. The summed E-state index contributed by atoms with van der Waals surface area (Å²) in [5, 5.41) is 6.00. The van der Waals surface area contributed by atoms with Gasteiger partial charge in [-0.2, -0.15) is 11.8 Å². The van der Waals surface area contributed by atoms with Crippen LogP contribution in [-0.2, 0) is 4.79 Å². The number of thioether (sulfide) groups is 1. The molecule has 3 nitrogen and oxygen atoms in total. The monoisotopic (exact) mass is 390 g/mol. The lowest BCUT2D eigenvalue weighted by Gasteiger charge is -2.32. The Balaban J connectivity index is 0.00000196. The quantitative estimate of drug-likeness (QED) is 0.820. The molecule has 2 aromatic carbocycles. The highest BCUT2D eigenvalue weighted by Gasteiger charge is 2.37. The molecule has 1 heterocycles. The van der Waals surface area contributed by atoms with Crippen molar-refractivity contribution in [3.8, 4) is 0 Å². The highest BCUT2D eigenvalue weighted by molar-refractivity contribution is 7.99. The molecule has 1 saturated carbocycles. The zero-order valence-electron chi connectivity index (χ0n) is 15.2. The van der Waals surface area contributed by atoms with Crippen molar-refractivity contribution in [2.75, 3.05) is 18.1 Å². The van der Waals surface area contributed by atoms with E-state index in [0.29, 0.717) is 24.4 Å². The number of hydrogen-bond donors (Lipinski definition) is 1. The second kappa shape index (κ2) is 8.64. The summed E-state index contributed by atoms with van der Waals surface area (Å²) in [4.78, 5) is 15.2. The molecule has 0 radical (unpaired) electrons. The Labute approximate surface area is 166 Å². The molecule has 1 aliphatic carbocycles. The summed E-state index contributed by atoms with van der Waals surface area (Å²) in [7, 11) is 0. The van der Waals surface area contributed by atoms with Crippen molar-refractivity contribution in [2.45, 2.75) is 44.3 Å². The smallest absolute Gasteiger partial charge is 0.224 e. The van der Waals surface area contributed by atoms with Crippen molar-refractivity contribution in [2.24, 2.45) is 0 Å². The third kappa shape index (κ3) is 4.36. The zero-order valence-corrected chi connectivity index (χ0v) is 16.8. The molecule has 0 aromatic heterocycles. The molecule has 1 aliphatic heterocycles. The van der Waals surface area contributed by atoms with Gasteiger partial charge < -0.3 is 10.2 Å². The Morgan fingerprint density at radius 2 is 2.00 bits per heavy atom. The Bertz CT molecular complexity index is 759. The number of carbonyl (C=O) groups excluding carboxylic acids is 1. The van der Waals surface area contributed by atoms with Crippen molar-refractivity contribution in [1.82, 2.24) is 10.2 Å². The molecule has 2 unspecified atom stereocenters. The molecule has 1 N–H and O–H groups in total. The minimum atomic E-state index is 0. The van der Waals surface area contributed by atoms with E-state index in [4.69, 9.17) is 0 Å². The average molecular weight is 391 g/mol. The second-order valence-corrected chi connectivity index (χ2v) is 8.39. The summed E-state index contributed by atoms with van der Waals surface area (Å²) in [5.74, 6) is 2.52. The predicted octanol–water partition coefficient (Wildman–Crippen LogP) is 4.41. The highest BCUT2D eigenvalue weighted by Crippen LogP contribution is 2.36. The fourth-order valence-corrected chi connectivity index (χ4v) is 4.73. The molecule has 4 rings (SSSR count). The number of hydrogen-bond acceptors (Lipinski definition) is 3. The minimum Gasteiger partial charge on any atom is -0.333 e. The van der Waals surface area contributed by atoms with Crippen molar-refractivity contribution >= 4 is 40.8 Å². The van der Waals surface area contributed by atoms with Crippen LogP contribution in [0.1, 0.15) is 37.8 Å². The Morgan fingerprint density at radius 1 is 1.23 bits per heavy atom. The largest absolute Gasteiger partial charge is 0.333 e. The summed E-state index contributed by atoms with van der Waals surface area (Å²) in [6, 6.07) is 16.0. The number of nitrogens with zero attached hydrogens (tertiary/aromatic N) is 1. The maximum atomic E-state index is 13.0. The molecule has 140 valence electrons. The van der Waals surface area contributed by atoms with Crippen LogP contribution >= 0.6 is 24.2 Å². The van der Waals surface area contributed by atoms with Crippen LogP contribution in [0.25, 0.3) is 10.8 Å². The summed E-state index contributed by atoms with van der Waals surface area (Å²) >= 11 is 1.95. The van der Waals surface area contributed by atoms with E-state index < -0.39 is 0 Å². The van der Waals surface area contributed by atoms with Gasteiger partial charge in [-0.05, 0) is 42.2 Å². The van der Waals surface area contributed by atoms with Gasteiger partial charge in [-0.25, -0.2) is 0 Å². The van der Waals surface area contributed by atoms with Gasteiger partial charge in [-0.1, -0.05) is 36.4 Å². The third-order valence-corrected chi connectivity index (χ3v) is 6.45. The van der Waals surface area contributed by atoms with Crippen LogP contribution in [0.15, 0.2) is 42.5 Å². The molecule has 0 bridgehead atoms. The molecule has 2 aromatic rings. The molecular weight excluding hydrogens is 364 g/mol. The Hall–Kier alpha value is -1.23. The van der Waals surface area contributed by atoms with Gasteiger partial charge in [0.05, 0.1) is 6.04 Å². The lowest BCUT2D eigenvalue weighted by atomic mass is 10.0. The maximum Gasteiger partial charge on any atom is 0.224 e. The van der Waals surface area contributed by atoms with E-state index in [9.17, 15) is 4.79 Å². The van der Waals surface area contributed by atoms with Crippen LogP contribution in [0.4, 0.5) is 0 Å². The lowest BCUT2D eigenvalue weighted by molar-refractivity contribution is -0.134. The Kier molecular flexibility index (Phi) is 6.49. The SMILES string of the molecule is CC(c1ccc2ccccc2c1)N(C(=O)CC1CSCCN1)C1CC1.Cl. The molecular formula is C21H27ClN2OS. The molecule has 5 heteroatoms. The van der Waals surface area contributed by atoms with E-state index in [2.05, 4.69) is 59.6 Å². The first-order valence-electron chi connectivity index (χ1n) is 9.33. The van der Waals surface area contributed by atoms with Crippen LogP contribution in [0, 0.1) is 0 Å². The number of carbonyl (C=O) groups is 1. The van der Waals surface area contributed by atoms with Crippen molar-refractivity contribution in [1.29, 1.82) is 0 Å². The predicted molar refractivity (Wildman–Crippen MR) is 113 cm³/mol. The molecule has 1 saturated heterocycles. The van der Waals surface area contributed by atoms with Gasteiger partial charge in [0, 0.05) is 36.6 Å². The van der Waals surface area contributed by atoms with Crippen LogP contribution in [0.3, 0.4) is 0 Å². The molecule has 0 spiro atoms. The molecule has 1 amide bonds. The number of rotatable bonds is 5. The number of amides is 1. The van der Waals surface area contributed by atoms with Gasteiger partial charge in [0.2, 0.25) is 5.91 Å². The molecule has 2 atom stereocenters. The first-order valence-corrected chi connectivity index (χ1v) is 10.5. The van der Waals surface area contributed by atoms with Crippen LogP contribution in [0.2, 0.25) is 0 Å². The molecule has 26 heavy (non-hydrogen) atoms. The van der Waals surface area contributed by atoms with E-state index in [-0.39, 0.29) is 18.4 Å². The lowest BCUT2D eigenvalue weighted by Crippen LogP contribution is -2.44. The summed E-state index contributed by atoms with van der Waals surface area (Å²) in [5.41, 5.74) is 1.24. The van der Waals surface area contributed by atoms with Crippen molar-refractivity contribution in [3.05, 3.63) is 48.0 Å². The van der Waals surface area contributed by atoms with Crippen LogP contribution < -0.4 is 5.32 Å². The normalized spacial score (nSPS) is 21.0. The number of fused-ring (bicyclic) bond motifs is 1. The average Bonchev–Trinajstić information content (AvgIpc) is 3.47. The fourth-order valence-electron chi connectivity index (χ4n) is 3.78. The van der Waals surface area contributed by atoms with Gasteiger partial charge in [-0.15, -0.1) is 12.4 Å². The van der Waals surface area contributed by atoms with Gasteiger partial charge in [-0.3, -0.25) is 4.79 Å². The Morgan fingerprint density at radius 3 is 2.69 bits per heavy atom. The summed E-state index contributed by atoms with van der Waals surface area (Å²) < 4.78 is 0. The van der Waals surface area contributed by atoms with E-state index in [0.717, 1.165) is 30.9 Å². The maximum absolute atomic E-state index is 13.0. The first kappa shape index (κ1) is 19.5. The second-order valence-electron chi connectivity index (χ2n) is 7.24. The fraction of sp³-hybridized carbons (Fsp3) is 0.476. The van der Waals surface area contributed by atoms with E-state index in [1.165, 1.54) is 16.3 Å². The zero-order chi connectivity index (χ0) is 17.2. The minimum absolute atomic E-state index is 0.